The maximum Gasteiger partial charge on any atom is 0.259 e. The van der Waals surface area contributed by atoms with Crippen LogP contribution in [0, 0.1) is 13.8 Å². The second-order valence-corrected chi connectivity index (χ2v) is 7.39. The van der Waals surface area contributed by atoms with Crippen LogP contribution in [0.15, 0.2) is 71.2 Å². The number of anilines is 1. The van der Waals surface area contributed by atoms with Gasteiger partial charge in [-0.25, -0.2) is 0 Å². The van der Waals surface area contributed by atoms with Gasteiger partial charge < -0.3 is 10.1 Å². The molecule has 0 atom stereocenters. The number of hydrogen-bond donors (Lipinski definition) is 1. The monoisotopic (exact) mass is 423 g/mol. The van der Waals surface area contributed by atoms with Crippen molar-refractivity contribution in [2.45, 2.75) is 20.3 Å². The Balaban J connectivity index is 1.72. The summed E-state index contributed by atoms with van der Waals surface area (Å²) >= 11 is 3.44. The molecule has 0 radical (unpaired) electrons. The largest absolute Gasteiger partial charge is 0.492 e. The first-order chi connectivity index (χ1) is 13.0. The maximum atomic E-state index is 12.8. The summed E-state index contributed by atoms with van der Waals surface area (Å²) in [4.78, 5) is 12.8. The fraction of sp³-hybridized carbons (Fsp3) is 0.174. The van der Waals surface area contributed by atoms with E-state index in [2.05, 4.69) is 33.4 Å². The molecule has 3 rings (SSSR count). The molecule has 0 aliphatic rings. The number of hydrogen-bond acceptors (Lipinski definition) is 2. The van der Waals surface area contributed by atoms with Crippen molar-refractivity contribution in [2.24, 2.45) is 0 Å². The lowest BCUT2D eigenvalue weighted by Gasteiger charge is -2.13. The summed E-state index contributed by atoms with van der Waals surface area (Å²) in [6, 6.07) is 21.5. The molecular formula is C23H22BrNO2. The predicted molar refractivity (Wildman–Crippen MR) is 114 cm³/mol. The Morgan fingerprint density at radius 1 is 0.963 bits per heavy atom. The normalized spacial score (nSPS) is 10.5. The van der Waals surface area contributed by atoms with Crippen molar-refractivity contribution in [3.05, 3.63) is 93.5 Å². The van der Waals surface area contributed by atoms with Gasteiger partial charge in [0.05, 0.1) is 12.2 Å². The molecular weight excluding hydrogens is 402 g/mol. The zero-order valence-electron chi connectivity index (χ0n) is 15.5. The van der Waals surface area contributed by atoms with Crippen molar-refractivity contribution in [1.82, 2.24) is 0 Å². The van der Waals surface area contributed by atoms with Crippen LogP contribution in [0.1, 0.15) is 27.0 Å². The van der Waals surface area contributed by atoms with Crippen molar-refractivity contribution in [3.8, 4) is 5.75 Å². The fourth-order valence-corrected chi connectivity index (χ4v) is 3.11. The number of carbonyl (C=O) groups is 1. The van der Waals surface area contributed by atoms with Crippen LogP contribution in [0.5, 0.6) is 5.75 Å². The predicted octanol–water partition coefficient (Wildman–Crippen LogP) is 5.94. The van der Waals surface area contributed by atoms with Gasteiger partial charge in [-0.1, -0.05) is 52.3 Å². The lowest BCUT2D eigenvalue weighted by Crippen LogP contribution is -2.14. The molecule has 138 valence electrons. The molecule has 0 unspecified atom stereocenters. The van der Waals surface area contributed by atoms with E-state index in [-0.39, 0.29) is 5.91 Å². The number of carbonyl (C=O) groups excluding carboxylic acids is 1. The van der Waals surface area contributed by atoms with Crippen molar-refractivity contribution in [1.29, 1.82) is 0 Å². The third-order valence-corrected chi connectivity index (χ3v) is 4.94. The third kappa shape index (κ3) is 5.20. The van der Waals surface area contributed by atoms with Crippen LogP contribution < -0.4 is 10.1 Å². The van der Waals surface area contributed by atoms with E-state index in [9.17, 15) is 4.79 Å². The Labute approximate surface area is 168 Å². The zero-order valence-corrected chi connectivity index (χ0v) is 17.0. The molecule has 0 saturated heterocycles. The van der Waals surface area contributed by atoms with Gasteiger partial charge in [0.15, 0.2) is 0 Å². The molecule has 0 aliphatic carbocycles. The SMILES string of the molecule is Cc1ccc(NC(=O)c2cc(Br)ccc2OCCc2ccccc2)cc1C. The van der Waals surface area contributed by atoms with Crippen molar-refractivity contribution >= 4 is 27.5 Å². The Morgan fingerprint density at radius 2 is 1.74 bits per heavy atom. The standard InChI is InChI=1S/C23H22BrNO2/c1-16-8-10-20(14-17(16)2)25-23(26)21-15-19(24)9-11-22(21)27-13-12-18-6-4-3-5-7-18/h3-11,14-15H,12-13H2,1-2H3,(H,25,26). The fourth-order valence-electron chi connectivity index (χ4n) is 2.75. The summed E-state index contributed by atoms with van der Waals surface area (Å²) < 4.78 is 6.75. The van der Waals surface area contributed by atoms with Crippen LogP contribution in [0.25, 0.3) is 0 Å². The summed E-state index contributed by atoms with van der Waals surface area (Å²) in [6.45, 7) is 4.59. The Bertz CT molecular complexity index is 938. The summed E-state index contributed by atoms with van der Waals surface area (Å²) in [5.74, 6) is 0.393. The van der Waals surface area contributed by atoms with E-state index in [0.29, 0.717) is 17.9 Å². The van der Waals surface area contributed by atoms with Gasteiger partial charge in [-0.05, 0) is 60.9 Å². The minimum atomic E-state index is -0.186. The van der Waals surface area contributed by atoms with E-state index in [0.717, 1.165) is 22.1 Å². The molecule has 1 N–H and O–H groups in total. The van der Waals surface area contributed by atoms with Crippen molar-refractivity contribution < 1.29 is 9.53 Å². The van der Waals surface area contributed by atoms with Crippen LogP contribution in [-0.4, -0.2) is 12.5 Å². The lowest BCUT2D eigenvalue weighted by atomic mass is 10.1. The topological polar surface area (TPSA) is 38.3 Å². The summed E-state index contributed by atoms with van der Waals surface area (Å²) in [6.07, 6.45) is 0.787. The first kappa shape index (κ1) is 19.2. The number of ether oxygens (including phenoxy) is 1. The Kier molecular flexibility index (Phi) is 6.30. The van der Waals surface area contributed by atoms with Crippen LogP contribution in [0.4, 0.5) is 5.69 Å². The molecule has 0 aromatic heterocycles. The first-order valence-electron chi connectivity index (χ1n) is 8.88. The smallest absolute Gasteiger partial charge is 0.259 e. The number of halogens is 1. The number of nitrogens with one attached hydrogen (secondary N) is 1. The lowest BCUT2D eigenvalue weighted by molar-refractivity contribution is 0.102. The molecule has 0 saturated carbocycles. The second-order valence-electron chi connectivity index (χ2n) is 6.48. The molecule has 0 bridgehead atoms. The molecule has 0 aliphatic heterocycles. The quantitative estimate of drug-likeness (QED) is 0.532. The Hall–Kier alpha value is -2.59. The molecule has 3 aromatic rings. The Morgan fingerprint density at radius 3 is 2.48 bits per heavy atom. The molecule has 4 heteroatoms. The van der Waals surface area contributed by atoms with Crippen LogP contribution in [-0.2, 0) is 6.42 Å². The average Bonchev–Trinajstić information content (AvgIpc) is 2.66. The van der Waals surface area contributed by atoms with E-state index in [1.807, 2.05) is 62.4 Å². The van der Waals surface area contributed by atoms with Gasteiger partial charge in [-0.3, -0.25) is 4.79 Å². The molecule has 0 fully saturated rings. The molecule has 1 amide bonds. The van der Waals surface area contributed by atoms with E-state index >= 15 is 0 Å². The molecule has 0 heterocycles. The molecule has 27 heavy (non-hydrogen) atoms. The molecule has 3 nitrogen and oxygen atoms in total. The second kappa shape index (κ2) is 8.87. The van der Waals surface area contributed by atoms with Crippen molar-refractivity contribution in [2.75, 3.05) is 11.9 Å². The average molecular weight is 424 g/mol. The number of amides is 1. The van der Waals surface area contributed by atoms with E-state index in [1.165, 1.54) is 11.1 Å². The summed E-state index contributed by atoms with van der Waals surface area (Å²) in [5, 5.41) is 2.96. The third-order valence-electron chi connectivity index (χ3n) is 4.44. The highest BCUT2D eigenvalue weighted by atomic mass is 79.9. The van der Waals surface area contributed by atoms with Crippen LogP contribution >= 0.6 is 15.9 Å². The van der Waals surface area contributed by atoms with E-state index in [1.54, 1.807) is 6.07 Å². The van der Waals surface area contributed by atoms with Gasteiger partial charge in [0.1, 0.15) is 5.75 Å². The van der Waals surface area contributed by atoms with Gasteiger partial charge in [0.25, 0.3) is 5.91 Å². The van der Waals surface area contributed by atoms with E-state index < -0.39 is 0 Å². The minimum Gasteiger partial charge on any atom is -0.492 e. The van der Waals surface area contributed by atoms with Crippen LogP contribution in [0.2, 0.25) is 0 Å². The van der Waals surface area contributed by atoms with Gasteiger partial charge >= 0.3 is 0 Å². The highest BCUT2D eigenvalue weighted by Gasteiger charge is 2.14. The highest BCUT2D eigenvalue weighted by molar-refractivity contribution is 9.10. The van der Waals surface area contributed by atoms with Gasteiger partial charge in [0.2, 0.25) is 0 Å². The van der Waals surface area contributed by atoms with Gasteiger partial charge in [0, 0.05) is 16.6 Å². The minimum absolute atomic E-state index is 0.186. The maximum absolute atomic E-state index is 12.8. The summed E-state index contributed by atoms with van der Waals surface area (Å²) in [5.41, 5.74) is 4.83. The zero-order chi connectivity index (χ0) is 19.2. The first-order valence-corrected chi connectivity index (χ1v) is 9.67. The number of benzene rings is 3. The molecule has 3 aromatic carbocycles. The van der Waals surface area contributed by atoms with E-state index in [4.69, 9.17) is 4.74 Å². The van der Waals surface area contributed by atoms with Crippen molar-refractivity contribution in [3.63, 3.8) is 0 Å². The van der Waals surface area contributed by atoms with Gasteiger partial charge in [-0.15, -0.1) is 0 Å². The van der Waals surface area contributed by atoms with Crippen LogP contribution in [0.3, 0.4) is 0 Å². The molecule has 0 spiro atoms. The van der Waals surface area contributed by atoms with Gasteiger partial charge in [-0.2, -0.15) is 0 Å². The number of rotatable bonds is 6. The summed E-state index contributed by atoms with van der Waals surface area (Å²) in [7, 11) is 0. The highest BCUT2D eigenvalue weighted by Crippen LogP contribution is 2.25. The number of aryl methyl sites for hydroxylation is 2.